The highest BCUT2D eigenvalue weighted by Gasteiger charge is 2.33. The van der Waals surface area contributed by atoms with Gasteiger partial charge in [0.15, 0.2) is 0 Å². The van der Waals surface area contributed by atoms with Crippen molar-refractivity contribution in [2.24, 2.45) is 0 Å². The van der Waals surface area contributed by atoms with Gasteiger partial charge in [-0.15, -0.1) is 0 Å². The number of alkyl halides is 3. The lowest BCUT2D eigenvalue weighted by Crippen LogP contribution is -2.50. The predicted molar refractivity (Wildman–Crippen MR) is 94.4 cm³/mol. The smallest absolute Gasteiger partial charge is 0.417 e. The van der Waals surface area contributed by atoms with Crippen LogP contribution in [-0.4, -0.2) is 35.4 Å². The number of esters is 1. The van der Waals surface area contributed by atoms with Gasteiger partial charge in [0.1, 0.15) is 5.03 Å². The number of halogens is 4. The Morgan fingerprint density at radius 2 is 2.11 bits per heavy atom. The van der Waals surface area contributed by atoms with Crippen LogP contribution in [0.4, 0.5) is 18.0 Å². The maximum atomic E-state index is 12.7. The van der Waals surface area contributed by atoms with E-state index in [1.54, 1.807) is 13.8 Å². The molecule has 0 aliphatic carbocycles. The molecule has 0 saturated heterocycles. The van der Waals surface area contributed by atoms with Gasteiger partial charge in [0, 0.05) is 17.6 Å². The third-order valence-electron chi connectivity index (χ3n) is 3.63. The molecule has 1 aromatic rings. The molecule has 0 radical (unpaired) electrons. The maximum absolute atomic E-state index is 12.7. The second kappa shape index (κ2) is 8.83. The van der Waals surface area contributed by atoms with Crippen LogP contribution in [0, 0.1) is 0 Å². The van der Waals surface area contributed by atoms with Gasteiger partial charge in [-0.1, -0.05) is 30.3 Å². The van der Waals surface area contributed by atoms with Gasteiger partial charge in [-0.2, -0.15) is 13.2 Å². The first kappa shape index (κ1) is 21.4. The molecule has 27 heavy (non-hydrogen) atoms. The Labute approximate surface area is 162 Å². The molecule has 0 aromatic carbocycles. The van der Waals surface area contributed by atoms with E-state index in [-0.39, 0.29) is 28.0 Å². The zero-order valence-electron chi connectivity index (χ0n) is 14.4. The molecule has 2 N–H and O–H groups in total. The summed E-state index contributed by atoms with van der Waals surface area (Å²) < 4.78 is 43.1. The molecule has 2 amide bonds. The Balaban J connectivity index is 2.27. The Morgan fingerprint density at radius 1 is 1.41 bits per heavy atom. The van der Waals surface area contributed by atoms with E-state index >= 15 is 0 Å². The molecule has 1 atom stereocenters. The summed E-state index contributed by atoms with van der Waals surface area (Å²) in [7, 11) is 0. The predicted octanol–water partition coefficient (Wildman–Crippen LogP) is 3.75. The Hall–Kier alpha value is -1.94. The molecule has 1 unspecified atom stereocenters. The third kappa shape index (κ3) is 5.29. The van der Waals surface area contributed by atoms with Crippen LogP contribution >= 0.6 is 23.4 Å². The van der Waals surface area contributed by atoms with Crippen LogP contribution < -0.4 is 10.6 Å². The minimum absolute atomic E-state index is 0.0795. The molecule has 1 aliphatic heterocycles. The molecule has 0 fully saturated rings. The summed E-state index contributed by atoms with van der Waals surface area (Å²) in [6.07, 6.45) is -3.39. The van der Waals surface area contributed by atoms with Crippen molar-refractivity contribution >= 4 is 35.4 Å². The fourth-order valence-electron chi connectivity index (χ4n) is 2.40. The van der Waals surface area contributed by atoms with Crippen molar-refractivity contribution in [3.8, 4) is 0 Å². The topological polar surface area (TPSA) is 80.3 Å². The van der Waals surface area contributed by atoms with E-state index in [2.05, 4.69) is 15.6 Å². The minimum atomic E-state index is -4.54. The average molecular weight is 424 g/mol. The number of nitrogens with one attached hydrogen (secondary N) is 2. The van der Waals surface area contributed by atoms with Crippen LogP contribution in [0.15, 0.2) is 28.6 Å². The first-order valence-corrected chi connectivity index (χ1v) is 9.36. The van der Waals surface area contributed by atoms with Crippen LogP contribution in [0.3, 0.4) is 0 Å². The van der Waals surface area contributed by atoms with Crippen molar-refractivity contribution in [2.45, 2.75) is 37.5 Å². The van der Waals surface area contributed by atoms with Gasteiger partial charge < -0.3 is 15.4 Å². The summed E-state index contributed by atoms with van der Waals surface area (Å²) >= 11 is 6.90. The summed E-state index contributed by atoms with van der Waals surface area (Å²) in [5.74, 6) is -0.491. The number of amides is 2. The van der Waals surface area contributed by atoms with E-state index in [9.17, 15) is 22.8 Å². The zero-order valence-corrected chi connectivity index (χ0v) is 16.0. The fourth-order valence-corrected chi connectivity index (χ4v) is 3.57. The molecule has 1 aliphatic rings. The number of carbonyl (C=O) groups is 2. The first-order valence-electron chi connectivity index (χ1n) is 8.00. The number of thioether (sulfide) groups is 1. The van der Waals surface area contributed by atoms with Gasteiger partial charge in [-0.25, -0.2) is 14.6 Å². The lowest BCUT2D eigenvalue weighted by Gasteiger charge is -2.28. The quantitative estimate of drug-likeness (QED) is 0.538. The molecule has 0 spiro atoms. The zero-order chi connectivity index (χ0) is 20.2. The maximum Gasteiger partial charge on any atom is 0.417 e. The third-order valence-corrected chi connectivity index (χ3v) is 5.07. The molecule has 6 nitrogen and oxygen atoms in total. The van der Waals surface area contributed by atoms with Crippen LogP contribution in [0.5, 0.6) is 0 Å². The van der Waals surface area contributed by atoms with Crippen molar-refractivity contribution in [1.82, 2.24) is 15.6 Å². The number of rotatable bonds is 6. The number of urea groups is 1. The molecule has 2 rings (SSSR count). The molecular weight excluding hydrogens is 407 g/mol. The second-order valence-corrected chi connectivity index (χ2v) is 6.84. The normalized spacial score (nSPS) is 17.4. The van der Waals surface area contributed by atoms with Gasteiger partial charge in [0.2, 0.25) is 0 Å². The van der Waals surface area contributed by atoms with Crippen LogP contribution in [0.25, 0.3) is 0 Å². The van der Waals surface area contributed by atoms with Crippen molar-refractivity contribution < 1.29 is 27.5 Å². The van der Waals surface area contributed by atoms with E-state index < -0.39 is 29.8 Å². The van der Waals surface area contributed by atoms with E-state index in [0.29, 0.717) is 18.3 Å². The number of hydrogen-bond acceptors (Lipinski definition) is 5. The molecule has 148 valence electrons. The van der Waals surface area contributed by atoms with Crippen LogP contribution in [-0.2, 0) is 15.7 Å². The highest BCUT2D eigenvalue weighted by molar-refractivity contribution is 7.99. The van der Waals surface area contributed by atoms with Gasteiger partial charge in [0.25, 0.3) is 0 Å². The summed E-state index contributed by atoms with van der Waals surface area (Å²) in [4.78, 5) is 27.8. The average Bonchev–Trinajstić information content (AvgIpc) is 2.59. The fraction of sp³-hybridized carbons (Fsp3) is 0.438. The van der Waals surface area contributed by atoms with Crippen molar-refractivity contribution in [3.63, 3.8) is 0 Å². The van der Waals surface area contributed by atoms with Gasteiger partial charge in [-0.05, 0) is 19.4 Å². The molecule has 0 bridgehead atoms. The highest BCUT2D eigenvalue weighted by Crippen LogP contribution is 2.34. The summed E-state index contributed by atoms with van der Waals surface area (Å²) in [6.45, 7) is 3.63. The van der Waals surface area contributed by atoms with Crippen molar-refractivity contribution in [2.75, 3.05) is 12.4 Å². The molecule has 2 heterocycles. The van der Waals surface area contributed by atoms with Gasteiger partial charge in [0.05, 0.1) is 28.8 Å². The Morgan fingerprint density at radius 3 is 2.67 bits per heavy atom. The van der Waals surface area contributed by atoms with E-state index in [1.165, 1.54) is 0 Å². The van der Waals surface area contributed by atoms with Crippen molar-refractivity contribution in [3.05, 3.63) is 34.1 Å². The molecule has 11 heteroatoms. The highest BCUT2D eigenvalue weighted by atomic mass is 35.5. The molecule has 1 aromatic heterocycles. The van der Waals surface area contributed by atoms with Gasteiger partial charge >= 0.3 is 18.2 Å². The lowest BCUT2D eigenvalue weighted by atomic mass is 10.0. The SMILES string of the molecule is CCOC(=O)C1=C(CSc2ncc(C(F)(F)F)cc2Cl)NC(=O)NC1CC. The Bertz CT molecular complexity index is 771. The number of nitrogens with zero attached hydrogens (tertiary/aromatic N) is 1. The standard InChI is InChI=1S/C16H17ClF3N3O3S/c1-3-10-12(14(24)26-4-2)11(23-15(25)22-10)7-27-13-9(17)5-8(6-21-13)16(18,19)20/h5-6,10H,3-4,7H2,1-2H3,(H2,22,23,25). The van der Waals surface area contributed by atoms with E-state index in [1.807, 2.05) is 0 Å². The number of hydrogen-bond donors (Lipinski definition) is 2. The minimum Gasteiger partial charge on any atom is -0.463 e. The molecule has 0 saturated carbocycles. The number of aromatic nitrogens is 1. The van der Waals surface area contributed by atoms with Crippen LogP contribution in [0.2, 0.25) is 5.02 Å². The number of ether oxygens (including phenoxy) is 1. The number of pyridine rings is 1. The second-order valence-electron chi connectivity index (χ2n) is 5.47. The molecular formula is C16H17ClF3N3O3S. The largest absolute Gasteiger partial charge is 0.463 e. The van der Waals surface area contributed by atoms with Gasteiger partial charge in [-0.3, -0.25) is 0 Å². The first-order chi connectivity index (χ1) is 12.7. The summed E-state index contributed by atoms with van der Waals surface area (Å²) in [6, 6.07) is -0.214. The summed E-state index contributed by atoms with van der Waals surface area (Å²) in [5, 5.41) is 5.17. The lowest BCUT2D eigenvalue weighted by molar-refractivity contribution is -0.139. The van der Waals surface area contributed by atoms with Crippen molar-refractivity contribution in [1.29, 1.82) is 0 Å². The van der Waals surface area contributed by atoms with E-state index in [4.69, 9.17) is 16.3 Å². The monoisotopic (exact) mass is 423 g/mol. The Kier molecular flexibility index (Phi) is 6.99. The van der Waals surface area contributed by atoms with E-state index in [0.717, 1.165) is 17.8 Å². The van der Waals surface area contributed by atoms with Crippen LogP contribution in [0.1, 0.15) is 25.8 Å². The summed E-state index contributed by atoms with van der Waals surface area (Å²) in [5.41, 5.74) is -0.370. The number of carbonyl (C=O) groups excluding carboxylic acids is 2.